The smallest absolute Gasteiger partial charge is 0.191 e. The largest absolute Gasteiger partial charge is 0.494 e. The van der Waals surface area contributed by atoms with Crippen molar-refractivity contribution in [1.82, 2.24) is 19.2 Å². The van der Waals surface area contributed by atoms with Gasteiger partial charge in [-0.15, -0.1) is 0 Å². The van der Waals surface area contributed by atoms with Gasteiger partial charge in [-0.25, -0.2) is 9.29 Å². The van der Waals surface area contributed by atoms with E-state index in [2.05, 4.69) is 19.0 Å². The van der Waals surface area contributed by atoms with Crippen molar-refractivity contribution in [2.24, 2.45) is 10.1 Å². The lowest BCUT2D eigenvalue weighted by molar-refractivity contribution is 0.0773. The molecule has 1 saturated heterocycles. The van der Waals surface area contributed by atoms with Gasteiger partial charge in [0.15, 0.2) is 17.2 Å². The van der Waals surface area contributed by atoms with Crippen molar-refractivity contribution in [3.8, 4) is 17.2 Å². The highest BCUT2D eigenvalue weighted by molar-refractivity contribution is 7.95. The SMILES string of the molecule is CCOC1=CC=CC(=c2nc(N)c(=CC(N)=NSN3CCOCC3)n2-c2c(OC)cccc2OC)N1. The van der Waals surface area contributed by atoms with Gasteiger partial charge in [0.1, 0.15) is 23.0 Å². The predicted octanol–water partition coefficient (Wildman–Crippen LogP) is 0.650. The fourth-order valence-corrected chi connectivity index (χ4v) is 4.34. The minimum Gasteiger partial charge on any atom is -0.494 e. The van der Waals surface area contributed by atoms with Crippen LogP contribution in [0.2, 0.25) is 0 Å². The molecule has 192 valence electrons. The number of anilines is 1. The number of dihydropyridines is 1. The Morgan fingerprint density at radius 1 is 1.25 bits per heavy atom. The fraction of sp³-hybridized carbons (Fsp3) is 0.333. The van der Waals surface area contributed by atoms with Crippen LogP contribution in [0.1, 0.15) is 6.92 Å². The number of aromatic nitrogens is 2. The summed E-state index contributed by atoms with van der Waals surface area (Å²) in [4.78, 5) is 4.68. The number of nitrogens with two attached hydrogens (primary N) is 2. The Kier molecular flexibility index (Phi) is 8.41. The van der Waals surface area contributed by atoms with Crippen molar-refractivity contribution in [3.05, 3.63) is 53.1 Å². The normalized spacial score (nSPS) is 18.6. The first-order chi connectivity index (χ1) is 17.5. The molecule has 0 aliphatic carbocycles. The third kappa shape index (κ3) is 5.61. The van der Waals surface area contributed by atoms with Crippen LogP contribution in [-0.4, -0.2) is 66.8 Å². The number of methoxy groups -OCH3 is 2. The standard InChI is InChI=1S/C24H31N7O4S/c1-4-35-21-10-5-7-16(27-21)24-28-23(26)17(15-20(25)29-36-30-11-13-34-14-12-30)31(24)22-18(32-2)8-6-9-19(22)33-3/h5-10,15,27H,4,11-14H2,1-3H3,(H2,25,29)(H2,26,28). The summed E-state index contributed by atoms with van der Waals surface area (Å²) in [6.45, 7) is 5.32. The molecule has 0 spiro atoms. The van der Waals surface area contributed by atoms with Crippen molar-refractivity contribution in [3.63, 3.8) is 0 Å². The number of imidazole rings is 1. The third-order valence-corrected chi connectivity index (χ3v) is 6.28. The summed E-state index contributed by atoms with van der Waals surface area (Å²) in [6.07, 6.45) is 7.30. The Labute approximate surface area is 214 Å². The van der Waals surface area contributed by atoms with Crippen molar-refractivity contribution in [2.45, 2.75) is 6.92 Å². The number of rotatable bonds is 8. The van der Waals surface area contributed by atoms with Gasteiger partial charge in [-0.1, -0.05) is 12.1 Å². The molecular formula is C24H31N7O4S. The van der Waals surface area contributed by atoms with E-state index < -0.39 is 0 Å². The van der Waals surface area contributed by atoms with E-state index in [4.69, 9.17) is 30.4 Å². The van der Waals surface area contributed by atoms with Crippen LogP contribution in [0.4, 0.5) is 5.82 Å². The molecule has 3 heterocycles. The zero-order valence-corrected chi connectivity index (χ0v) is 21.4. The number of benzene rings is 1. The summed E-state index contributed by atoms with van der Waals surface area (Å²) in [7, 11) is 3.19. The van der Waals surface area contributed by atoms with Crippen LogP contribution in [-0.2, 0) is 9.47 Å². The van der Waals surface area contributed by atoms with Crippen LogP contribution in [0.15, 0.2) is 46.7 Å². The molecule has 0 amide bonds. The molecule has 0 saturated carbocycles. The Hall–Kier alpha value is -3.61. The maximum atomic E-state index is 6.45. The first-order valence-electron chi connectivity index (χ1n) is 11.5. The number of para-hydroxylation sites is 1. The van der Waals surface area contributed by atoms with E-state index in [9.17, 15) is 0 Å². The van der Waals surface area contributed by atoms with Crippen molar-refractivity contribution in [1.29, 1.82) is 0 Å². The summed E-state index contributed by atoms with van der Waals surface area (Å²) in [5.74, 6) is 2.29. The Balaban J connectivity index is 1.91. The minimum atomic E-state index is 0.266. The molecule has 0 radical (unpaired) electrons. The van der Waals surface area contributed by atoms with Gasteiger partial charge in [0.05, 0.1) is 57.2 Å². The predicted molar refractivity (Wildman–Crippen MR) is 142 cm³/mol. The van der Waals surface area contributed by atoms with Gasteiger partial charge < -0.3 is 35.7 Å². The topological polar surface area (TPSA) is 134 Å². The first kappa shape index (κ1) is 25.5. The van der Waals surface area contributed by atoms with E-state index in [1.807, 2.05) is 47.9 Å². The average molecular weight is 514 g/mol. The number of amidine groups is 1. The zero-order chi connectivity index (χ0) is 25.5. The highest BCUT2D eigenvalue weighted by atomic mass is 32.2. The first-order valence-corrected chi connectivity index (χ1v) is 12.2. The van der Waals surface area contributed by atoms with Crippen molar-refractivity contribution >= 4 is 35.6 Å². The maximum Gasteiger partial charge on any atom is 0.191 e. The second-order valence-corrected chi connectivity index (χ2v) is 8.56. The van der Waals surface area contributed by atoms with Crippen molar-refractivity contribution in [2.75, 3.05) is 52.9 Å². The van der Waals surface area contributed by atoms with E-state index in [1.165, 1.54) is 12.1 Å². The van der Waals surface area contributed by atoms with Gasteiger partial charge in [-0.05, 0) is 31.2 Å². The number of allylic oxidation sites excluding steroid dienone is 2. The maximum absolute atomic E-state index is 6.45. The Morgan fingerprint density at radius 3 is 2.64 bits per heavy atom. The molecular weight excluding hydrogens is 482 g/mol. The number of morpholine rings is 1. The molecule has 1 fully saturated rings. The molecule has 0 bridgehead atoms. The number of nitrogen functional groups attached to an aromatic ring is 1. The zero-order valence-electron chi connectivity index (χ0n) is 20.6. The summed E-state index contributed by atoms with van der Waals surface area (Å²) in [5.41, 5.74) is 14.6. The minimum absolute atomic E-state index is 0.266. The molecule has 11 nitrogen and oxygen atoms in total. The molecule has 36 heavy (non-hydrogen) atoms. The monoisotopic (exact) mass is 513 g/mol. The Morgan fingerprint density at radius 2 is 1.97 bits per heavy atom. The number of nitrogens with zero attached hydrogens (tertiary/aromatic N) is 4. The van der Waals surface area contributed by atoms with Gasteiger partial charge in [0.2, 0.25) is 0 Å². The molecule has 4 rings (SSSR count). The van der Waals surface area contributed by atoms with Crippen LogP contribution in [0.5, 0.6) is 11.5 Å². The van der Waals surface area contributed by atoms with Crippen LogP contribution in [0, 0.1) is 0 Å². The van der Waals surface area contributed by atoms with Gasteiger partial charge >= 0.3 is 0 Å². The van der Waals surface area contributed by atoms with Crippen LogP contribution >= 0.6 is 12.1 Å². The molecule has 2 aliphatic rings. The second kappa shape index (κ2) is 11.9. The molecule has 12 heteroatoms. The van der Waals surface area contributed by atoms with Crippen LogP contribution < -0.4 is 37.1 Å². The quantitative estimate of drug-likeness (QED) is 0.262. The molecule has 0 unspecified atom stereocenters. The lowest BCUT2D eigenvalue weighted by Gasteiger charge is -2.22. The van der Waals surface area contributed by atoms with E-state index in [-0.39, 0.29) is 11.7 Å². The van der Waals surface area contributed by atoms with Crippen LogP contribution in [0.3, 0.4) is 0 Å². The van der Waals surface area contributed by atoms with Crippen LogP contribution in [0.25, 0.3) is 17.5 Å². The number of ether oxygens (including phenoxy) is 4. The highest BCUT2D eigenvalue weighted by Crippen LogP contribution is 2.30. The van der Waals surface area contributed by atoms with E-state index >= 15 is 0 Å². The molecule has 1 aromatic heterocycles. The van der Waals surface area contributed by atoms with Gasteiger partial charge in [0.25, 0.3) is 0 Å². The fourth-order valence-electron chi connectivity index (χ4n) is 3.77. The van der Waals surface area contributed by atoms with E-state index in [0.717, 1.165) is 13.1 Å². The summed E-state index contributed by atoms with van der Waals surface area (Å²) in [5, 5.41) is 3.80. The summed E-state index contributed by atoms with van der Waals surface area (Å²) < 4.78 is 30.8. The van der Waals surface area contributed by atoms with Gasteiger partial charge in [0, 0.05) is 19.2 Å². The average Bonchev–Trinajstić information content (AvgIpc) is 3.23. The second-order valence-electron chi connectivity index (χ2n) is 7.70. The lowest BCUT2D eigenvalue weighted by Crippen LogP contribution is -2.34. The number of nitrogens with one attached hydrogen (secondary N) is 1. The molecule has 2 aliphatic heterocycles. The Bertz CT molecular complexity index is 1270. The molecule has 2 aromatic rings. The molecule has 1 aromatic carbocycles. The van der Waals surface area contributed by atoms with Gasteiger partial charge in [-0.3, -0.25) is 4.57 Å². The number of hydrogen-bond acceptors (Lipinski definition) is 10. The van der Waals surface area contributed by atoms with Crippen molar-refractivity contribution < 1.29 is 18.9 Å². The summed E-state index contributed by atoms with van der Waals surface area (Å²) in [6, 6.07) is 5.53. The highest BCUT2D eigenvalue weighted by Gasteiger charge is 2.20. The summed E-state index contributed by atoms with van der Waals surface area (Å²) >= 11 is 1.30. The van der Waals surface area contributed by atoms with E-state index in [1.54, 1.807) is 20.3 Å². The third-order valence-electron chi connectivity index (χ3n) is 5.39. The lowest BCUT2D eigenvalue weighted by atomic mass is 10.2. The van der Waals surface area contributed by atoms with E-state index in [0.29, 0.717) is 59.4 Å². The number of hydrogen-bond donors (Lipinski definition) is 3. The molecule has 0 atom stereocenters. The van der Waals surface area contributed by atoms with Gasteiger partial charge in [-0.2, -0.15) is 4.40 Å². The molecule has 5 N–H and O–H groups in total.